The van der Waals surface area contributed by atoms with Gasteiger partial charge in [0.2, 0.25) is 0 Å². The van der Waals surface area contributed by atoms with Crippen molar-refractivity contribution in [3.05, 3.63) is 63.5 Å². The molecule has 0 saturated carbocycles. The van der Waals surface area contributed by atoms with Crippen LogP contribution in [-0.2, 0) is 10.0 Å². The van der Waals surface area contributed by atoms with Gasteiger partial charge in [-0.3, -0.25) is 14.8 Å². The standard InChI is InChI=1S/C14H11FN2O6S/c1-8-12(3-2-4-13(8)17(20)21)16-24(22,23)9-5-6-11(15)10(7-9)14(18)19/h2-7,16H,1H3,(H,18,19). The number of nitrogens with zero attached hydrogens (tertiary/aromatic N) is 1. The number of carbonyl (C=O) groups is 1. The van der Waals surface area contributed by atoms with Gasteiger partial charge in [0.15, 0.2) is 0 Å². The number of carboxylic acids is 1. The Balaban J connectivity index is 2.47. The van der Waals surface area contributed by atoms with Crippen LogP contribution in [0.15, 0.2) is 41.3 Å². The first-order valence-electron chi connectivity index (χ1n) is 6.43. The molecule has 126 valence electrons. The second-order valence-electron chi connectivity index (χ2n) is 4.76. The number of carboxylic acid groups (broad SMARTS) is 1. The Morgan fingerprint density at radius 2 is 1.96 bits per heavy atom. The Morgan fingerprint density at radius 1 is 1.29 bits per heavy atom. The van der Waals surface area contributed by atoms with Crippen LogP contribution >= 0.6 is 0 Å². The summed E-state index contributed by atoms with van der Waals surface area (Å²) in [6, 6.07) is 6.13. The Kier molecular flexibility index (Phi) is 4.51. The zero-order valence-corrected chi connectivity index (χ0v) is 13.0. The average molecular weight is 354 g/mol. The maximum Gasteiger partial charge on any atom is 0.338 e. The summed E-state index contributed by atoms with van der Waals surface area (Å²) in [6.45, 7) is 1.36. The predicted molar refractivity (Wildman–Crippen MR) is 82.0 cm³/mol. The summed E-state index contributed by atoms with van der Waals surface area (Å²) in [4.78, 5) is 20.7. The summed E-state index contributed by atoms with van der Waals surface area (Å²) in [7, 11) is -4.25. The number of sulfonamides is 1. The van der Waals surface area contributed by atoms with Gasteiger partial charge in [0.1, 0.15) is 5.82 Å². The van der Waals surface area contributed by atoms with Gasteiger partial charge in [-0.05, 0) is 31.2 Å². The maximum atomic E-state index is 13.4. The largest absolute Gasteiger partial charge is 0.478 e. The number of hydrogen-bond donors (Lipinski definition) is 2. The zero-order valence-electron chi connectivity index (χ0n) is 12.2. The molecule has 24 heavy (non-hydrogen) atoms. The minimum Gasteiger partial charge on any atom is -0.478 e. The van der Waals surface area contributed by atoms with E-state index in [1.165, 1.54) is 25.1 Å². The van der Waals surface area contributed by atoms with Gasteiger partial charge in [0, 0.05) is 6.07 Å². The molecule has 8 nitrogen and oxygen atoms in total. The maximum absolute atomic E-state index is 13.4. The van der Waals surface area contributed by atoms with Crippen LogP contribution in [0.3, 0.4) is 0 Å². The molecule has 2 rings (SSSR count). The van der Waals surface area contributed by atoms with E-state index in [2.05, 4.69) is 4.72 Å². The molecule has 2 aromatic rings. The fourth-order valence-corrected chi connectivity index (χ4v) is 3.12. The van der Waals surface area contributed by atoms with E-state index in [0.29, 0.717) is 6.07 Å². The van der Waals surface area contributed by atoms with Crippen molar-refractivity contribution in [2.45, 2.75) is 11.8 Å². The third-order valence-electron chi connectivity index (χ3n) is 3.22. The molecule has 0 aliphatic heterocycles. The highest BCUT2D eigenvalue weighted by atomic mass is 32.2. The van der Waals surface area contributed by atoms with Gasteiger partial charge in [-0.15, -0.1) is 0 Å². The lowest BCUT2D eigenvalue weighted by molar-refractivity contribution is -0.385. The number of aromatic carboxylic acids is 1. The molecule has 0 atom stereocenters. The molecule has 2 N–H and O–H groups in total. The first-order chi connectivity index (χ1) is 11.1. The van der Waals surface area contributed by atoms with Crippen LogP contribution in [0.2, 0.25) is 0 Å². The van der Waals surface area contributed by atoms with Crippen molar-refractivity contribution in [2.75, 3.05) is 4.72 Å². The molecule has 10 heteroatoms. The molecule has 0 spiro atoms. The lowest BCUT2D eigenvalue weighted by Crippen LogP contribution is -2.15. The van der Waals surface area contributed by atoms with Crippen LogP contribution in [-0.4, -0.2) is 24.4 Å². The van der Waals surface area contributed by atoms with Crippen molar-refractivity contribution >= 4 is 27.4 Å². The lowest BCUT2D eigenvalue weighted by atomic mass is 10.2. The second kappa shape index (κ2) is 6.24. The van der Waals surface area contributed by atoms with Crippen molar-refractivity contribution in [1.29, 1.82) is 0 Å². The Hall–Kier alpha value is -3.01. The van der Waals surface area contributed by atoms with Crippen molar-refractivity contribution in [3.63, 3.8) is 0 Å². The van der Waals surface area contributed by atoms with Gasteiger partial charge in [0.05, 0.1) is 26.6 Å². The number of nitro groups is 1. The minimum absolute atomic E-state index is 0.0367. The summed E-state index contributed by atoms with van der Waals surface area (Å²) in [5.74, 6) is -2.69. The Morgan fingerprint density at radius 3 is 2.54 bits per heavy atom. The molecular formula is C14H11FN2O6S. The normalized spacial score (nSPS) is 11.1. The fourth-order valence-electron chi connectivity index (χ4n) is 1.97. The van der Waals surface area contributed by atoms with Crippen LogP contribution in [0.5, 0.6) is 0 Å². The van der Waals surface area contributed by atoms with Crippen molar-refractivity contribution in [2.24, 2.45) is 0 Å². The van der Waals surface area contributed by atoms with Crippen LogP contribution in [0.4, 0.5) is 15.8 Å². The summed E-state index contributed by atoms with van der Waals surface area (Å²) in [5.41, 5.74) is -1.02. The van der Waals surface area contributed by atoms with E-state index in [4.69, 9.17) is 5.11 Å². The van der Waals surface area contributed by atoms with Gasteiger partial charge in [0.25, 0.3) is 15.7 Å². The highest BCUT2D eigenvalue weighted by Gasteiger charge is 2.22. The van der Waals surface area contributed by atoms with E-state index in [0.717, 1.165) is 12.1 Å². The van der Waals surface area contributed by atoms with E-state index in [1.807, 2.05) is 0 Å². The molecule has 0 unspecified atom stereocenters. The average Bonchev–Trinajstić information content (AvgIpc) is 2.48. The molecular weight excluding hydrogens is 343 g/mol. The van der Waals surface area contributed by atoms with E-state index >= 15 is 0 Å². The predicted octanol–water partition coefficient (Wildman–Crippen LogP) is 2.54. The Labute approximate surface area is 135 Å². The highest BCUT2D eigenvalue weighted by Crippen LogP contribution is 2.27. The van der Waals surface area contributed by atoms with E-state index < -0.39 is 37.2 Å². The highest BCUT2D eigenvalue weighted by molar-refractivity contribution is 7.92. The van der Waals surface area contributed by atoms with Crippen LogP contribution < -0.4 is 4.72 Å². The Bertz CT molecular complexity index is 942. The number of halogens is 1. The van der Waals surface area contributed by atoms with E-state index in [1.54, 1.807) is 0 Å². The molecule has 0 radical (unpaired) electrons. The van der Waals surface area contributed by atoms with Crippen LogP contribution in [0.25, 0.3) is 0 Å². The van der Waals surface area contributed by atoms with Crippen LogP contribution in [0, 0.1) is 22.9 Å². The number of nitro benzene ring substituents is 1. The number of nitrogens with one attached hydrogen (secondary N) is 1. The van der Waals surface area contributed by atoms with Gasteiger partial charge in [-0.2, -0.15) is 0 Å². The van der Waals surface area contributed by atoms with Gasteiger partial charge < -0.3 is 5.11 Å². The molecule has 0 amide bonds. The molecule has 0 heterocycles. The lowest BCUT2D eigenvalue weighted by Gasteiger charge is -2.11. The third-order valence-corrected chi connectivity index (χ3v) is 4.59. The number of rotatable bonds is 5. The molecule has 0 bridgehead atoms. The summed E-state index contributed by atoms with van der Waals surface area (Å²) < 4.78 is 40.2. The van der Waals surface area contributed by atoms with Gasteiger partial charge in [-0.25, -0.2) is 17.6 Å². The number of hydrogen-bond acceptors (Lipinski definition) is 5. The van der Waals surface area contributed by atoms with Crippen molar-refractivity contribution in [1.82, 2.24) is 0 Å². The summed E-state index contributed by atoms with van der Waals surface area (Å²) >= 11 is 0. The first kappa shape index (κ1) is 17.3. The van der Waals surface area contributed by atoms with Gasteiger partial charge >= 0.3 is 5.97 Å². The fraction of sp³-hybridized carbons (Fsp3) is 0.0714. The molecule has 0 aromatic heterocycles. The molecule has 2 aromatic carbocycles. The van der Waals surface area contributed by atoms with Crippen LogP contribution in [0.1, 0.15) is 15.9 Å². The minimum atomic E-state index is -4.25. The van der Waals surface area contributed by atoms with Gasteiger partial charge in [-0.1, -0.05) is 6.07 Å². The molecule has 0 aliphatic rings. The number of anilines is 1. The third kappa shape index (κ3) is 3.33. The molecule has 0 fully saturated rings. The monoisotopic (exact) mass is 354 g/mol. The number of benzene rings is 2. The molecule has 0 saturated heterocycles. The van der Waals surface area contributed by atoms with Crippen molar-refractivity contribution < 1.29 is 27.6 Å². The smallest absolute Gasteiger partial charge is 0.338 e. The summed E-state index contributed by atoms with van der Waals surface area (Å²) in [6.07, 6.45) is 0. The van der Waals surface area contributed by atoms with E-state index in [-0.39, 0.29) is 16.9 Å². The zero-order chi connectivity index (χ0) is 18.1. The quantitative estimate of drug-likeness (QED) is 0.627. The second-order valence-corrected chi connectivity index (χ2v) is 6.44. The van der Waals surface area contributed by atoms with Crippen molar-refractivity contribution in [3.8, 4) is 0 Å². The SMILES string of the molecule is Cc1c(NS(=O)(=O)c2ccc(F)c(C(=O)O)c2)cccc1[N+](=O)[O-]. The topological polar surface area (TPSA) is 127 Å². The summed E-state index contributed by atoms with van der Waals surface area (Å²) in [5, 5.41) is 19.7. The first-order valence-corrected chi connectivity index (χ1v) is 7.91. The molecule has 0 aliphatic carbocycles. The van der Waals surface area contributed by atoms with E-state index in [9.17, 15) is 27.7 Å².